The quantitative estimate of drug-likeness (QED) is 0.774. The molecule has 2 aromatic carbocycles. The number of rotatable bonds is 3. The summed E-state index contributed by atoms with van der Waals surface area (Å²) in [6, 6.07) is 10.0. The minimum atomic E-state index is -0.322. The number of anilines is 1. The SMILES string of the molecule is Cc1cc(Cl)ccc1NC(=O)Cn1cnc2cc(Cl)ccc2c1=O. The number of carbonyl (C=O) groups excluding carboxylic acids is 1. The van der Waals surface area contributed by atoms with E-state index in [1.165, 1.54) is 10.9 Å². The van der Waals surface area contributed by atoms with E-state index in [0.717, 1.165) is 5.56 Å². The summed E-state index contributed by atoms with van der Waals surface area (Å²) in [6.07, 6.45) is 1.34. The maximum absolute atomic E-state index is 12.4. The lowest BCUT2D eigenvalue weighted by Crippen LogP contribution is -2.28. The molecule has 0 spiro atoms. The van der Waals surface area contributed by atoms with Gasteiger partial charge in [0.05, 0.1) is 17.2 Å². The zero-order chi connectivity index (χ0) is 17.3. The third kappa shape index (κ3) is 3.42. The molecule has 0 fully saturated rings. The predicted molar refractivity (Wildman–Crippen MR) is 95.8 cm³/mol. The minimum Gasteiger partial charge on any atom is -0.324 e. The molecule has 3 rings (SSSR count). The molecule has 0 saturated heterocycles. The fourth-order valence-corrected chi connectivity index (χ4v) is 2.75. The van der Waals surface area contributed by atoms with Crippen LogP contribution in [0, 0.1) is 6.92 Å². The lowest BCUT2D eigenvalue weighted by Gasteiger charge is -2.10. The second-order valence-corrected chi connectivity index (χ2v) is 6.22. The van der Waals surface area contributed by atoms with Crippen molar-refractivity contribution in [1.29, 1.82) is 0 Å². The maximum Gasteiger partial charge on any atom is 0.261 e. The van der Waals surface area contributed by atoms with Crippen LogP contribution in [-0.2, 0) is 11.3 Å². The summed E-state index contributed by atoms with van der Waals surface area (Å²) in [4.78, 5) is 28.8. The van der Waals surface area contributed by atoms with Crippen LogP contribution in [0.15, 0.2) is 47.5 Å². The summed E-state index contributed by atoms with van der Waals surface area (Å²) in [5.41, 5.74) is 1.70. The second kappa shape index (κ2) is 6.63. The molecule has 0 atom stereocenters. The molecule has 122 valence electrons. The summed E-state index contributed by atoms with van der Waals surface area (Å²) < 4.78 is 1.26. The molecule has 7 heteroatoms. The minimum absolute atomic E-state index is 0.132. The Morgan fingerprint density at radius 1 is 1.17 bits per heavy atom. The number of halogens is 2. The highest BCUT2D eigenvalue weighted by molar-refractivity contribution is 6.31. The number of fused-ring (bicyclic) bond motifs is 1. The van der Waals surface area contributed by atoms with Crippen LogP contribution in [0.25, 0.3) is 10.9 Å². The van der Waals surface area contributed by atoms with Gasteiger partial charge in [0.2, 0.25) is 5.91 Å². The van der Waals surface area contributed by atoms with Gasteiger partial charge in [0.15, 0.2) is 0 Å². The highest BCUT2D eigenvalue weighted by Gasteiger charge is 2.10. The van der Waals surface area contributed by atoms with Crippen molar-refractivity contribution in [3.63, 3.8) is 0 Å². The Labute approximate surface area is 147 Å². The van der Waals surface area contributed by atoms with Crippen molar-refractivity contribution in [1.82, 2.24) is 9.55 Å². The normalized spacial score (nSPS) is 10.8. The van der Waals surface area contributed by atoms with Gasteiger partial charge >= 0.3 is 0 Å². The topological polar surface area (TPSA) is 64.0 Å². The van der Waals surface area contributed by atoms with E-state index in [4.69, 9.17) is 23.2 Å². The summed E-state index contributed by atoms with van der Waals surface area (Å²) in [5, 5.41) is 4.28. The van der Waals surface area contributed by atoms with Gasteiger partial charge in [0, 0.05) is 15.7 Å². The van der Waals surface area contributed by atoms with Gasteiger partial charge in [-0.05, 0) is 48.9 Å². The molecule has 0 saturated carbocycles. The summed E-state index contributed by atoms with van der Waals surface area (Å²) in [5.74, 6) is -0.322. The van der Waals surface area contributed by atoms with Crippen LogP contribution in [0.5, 0.6) is 0 Å². The Morgan fingerprint density at radius 2 is 1.88 bits per heavy atom. The first kappa shape index (κ1) is 16.5. The van der Waals surface area contributed by atoms with Crippen molar-refractivity contribution in [2.75, 3.05) is 5.32 Å². The second-order valence-electron chi connectivity index (χ2n) is 5.35. The predicted octanol–water partition coefficient (Wildman–Crippen LogP) is 3.65. The first-order valence-corrected chi connectivity index (χ1v) is 7.90. The molecule has 0 aliphatic heterocycles. The summed E-state index contributed by atoms with van der Waals surface area (Å²) in [7, 11) is 0. The smallest absolute Gasteiger partial charge is 0.261 e. The molecular formula is C17H13Cl2N3O2. The summed E-state index contributed by atoms with van der Waals surface area (Å²) in [6.45, 7) is 1.71. The first-order valence-electron chi connectivity index (χ1n) is 7.15. The van der Waals surface area contributed by atoms with Crippen LogP contribution in [0.3, 0.4) is 0 Å². The molecular weight excluding hydrogens is 349 g/mol. The monoisotopic (exact) mass is 361 g/mol. The average Bonchev–Trinajstić information content (AvgIpc) is 2.53. The molecule has 0 unspecified atom stereocenters. The van der Waals surface area contributed by atoms with Crippen LogP contribution in [0.4, 0.5) is 5.69 Å². The fourth-order valence-electron chi connectivity index (χ4n) is 2.36. The standard InChI is InChI=1S/C17H13Cl2N3O2/c1-10-6-11(18)3-5-14(10)21-16(23)8-22-9-20-15-7-12(19)2-4-13(15)17(22)24/h2-7,9H,8H2,1H3,(H,21,23). The van der Waals surface area contributed by atoms with E-state index in [1.807, 2.05) is 6.92 Å². The van der Waals surface area contributed by atoms with E-state index in [2.05, 4.69) is 10.3 Å². The molecule has 5 nitrogen and oxygen atoms in total. The van der Waals surface area contributed by atoms with Gasteiger partial charge in [0.1, 0.15) is 6.54 Å². The molecule has 0 radical (unpaired) electrons. The number of amides is 1. The van der Waals surface area contributed by atoms with Crippen molar-refractivity contribution < 1.29 is 4.79 Å². The van der Waals surface area contributed by atoms with Gasteiger partial charge in [0.25, 0.3) is 5.56 Å². The molecule has 1 N–H and O–H groups in total. The van der Waals surface area contributed by atoms with Crippen molar-refractivity contribution in [2.24, 2.45) is 0 Å². The molecule has 24 heavy (non-hydrogen) atoms. The Hall–Kier alpha value is -2.37. The van der Waals surface area contributed by atoms with E-state index in [-0.39, 0.29) is 18.0 Å². The van der Waals surface area contributed by atoms with Crippen LogP contribution in [0.1, 0.15) is 5.56 Å². The van der Waals surface area contributed by atoms with E-state index >= 15 is 0 Å². The van der Waals surface area contributed by atoms with Crippen molar-refractivity contribution in [3.05, 3.63) is 68.7 Å². The fraction of sp³-hybridized carbons (Fsp3) is 0.118. The molecule has 0 bridgehead atoms. The molecule has 3 aromatic rings. The van der Waals surface area contributed by atoms with E-state index in [0.29, 0.717) is 26.6 Å². The van der Waals surface area contributed by atoms with Gasteiger partial charge < -0.3 is 5.32 Å². The Balaban J connectivity index is 1.84. The number of aryl methyl sites for hydroxylation is 1. The molecule has 1 heterocycles. The van der Waals surface area contributed by atoms with Gasteiger partial charge in [-0.15, -0.1) is 0 Å². The number of benzene rings is 2. The van der Waals surface area contributed by atoms with Crippen molar-refractivity contribution >= 4 is 45.7 Å². The number of hydrogen-bond donors (Lipinski definition) is 1. The van der Waals surface area contributed by atoms with Gasteiger partial charge in [-0.1, -0.05) is 23.2 Å². The van der Waals surface area contributed by atoms with Crippen LogP contribution < -0.4 is 10.9 Å². The van der Waals surface area contributed by atoms with Gasteiger partial charge in [-0.2, -0.15) is 0 Å². The van der Waals surface area contributed by atoms with E-state index in [9.17, 15) is 9.59 Å². The van der Waals surface area contributed by atoms with E-state index < -0.39 is 0 Å². The highest BCUT2D eigenvalue weighted by atomic mass is 35.5. The van der Waals surface area contributed by atoms with Gasteiger partial charge in [-0.25, -0.2) is 4.98 Å². The average molecular weight is 362 g/mol. The summed E-state index contributed by atoms with van der Waals surface area (Å²) >= 11 is 11.8. The largest absolute Gasteiger partial charge is 0.324 e. The van der Waals surface area contributed by atoms with Gasteiger partial charge in [-0.3, -0.25) is 14.2 Å². The van der Waals surface area contributed by atoms with Crippen molar-refractivity contribution in [2.45, 2.75) is 13.5 Å². The Bertz CT molecular complexity index is 999. The Kier molecular flexibility index (Phi) is 4.55. The van der Waals surface area contributed by atoms with Crippen LogP contribution in [-0.4, -0.2) is 15.5 Å². The third-order valence-corrected chi connectivity index (χ3v) is 4.03. The zero-order valence-corrected chi connectivity index (χ0v) is 14.2. The Morgan fingerprint density at radius 3 is 2.62 bits per heavy atom. The number of aromatic nitrogens is 2. The maximum atomic E-state index is 12.4. The first-order chi connectivity index (χ1) is 11.4. The molecule has 0 aliphatic carbocycles. The number of nitrogens with zero attached hydrogens (tertiary/aromatic N) is 2. The molecule has 1 amide bonds. The van der Waals surface area contributed by atoms with Crippen LogP contribution >= 0.6 is 23.2 Å². The molecule has 1 aromatic heterocycles. The third-order valence-electron chi connectivity index (χ3n) is 3.56. The van der Waals surface area contributed by atoms with Crippen LogP contribution in [0.2, 0.25) is 10.0 Å². The lowest BCUT2D eigenvalue weighted by atomic mass is 10.2. The lowest BCUT2D eigenvalue weighted by molar-refractivity contribution is -0.116. The number of hydrogen-bond acceptors (Lipinski definition) is 3. The highest BCUT2D eigenvalue weighted by Crippen LogP contribution is 2.19. The van der Waals surface area contributed by atoms with E-state index in [1.54, 1.807) is 36.4 Å². The number of nitrogens with one attached hydrogen (secondary N) is 1. The number of carbonyl (C=O) groups is 1. The zero-order valence-electron chi connectivity index (χ0n) is 12.7. The molecule has 0 aliphatic rings. The van der Waals surface area contributed by atoms with Crippen molar-refractivity contribution in [3.8, 4) is 0 Å².